The lowest BCUT2D eigenvalue weighted by molar-refractivity contribution is 0.0980. The van der Waals surface area contributed by atoms with Crippen LogP contribution < -0.4 is 4.90 Å². The summed E-state index contributed by atoms with van der Waals surface area (Å²) in [5.41, 5.74) is 2.30. The summed E-state index contributed by atoms with van der Waals surface area (Å²) in [7, 11) is 3.87. The molecule has 0 saturated heterocycles. The first-order chi connectivity index (χ1) is 13.5. The molecule has 0 unspecified atom stereocenters. The fourth-order valence-corrected chi connectivity index (χ4v) is 3.80. The number of fused-ring (bicyclic) bond motifs is 2. The van der Waals surface area contributed by atoms with Gasteiger partial charge in [0.15, 0.2) is 5.13 Å². The number of anilines is 1. The molecular weight excluding hydrogens is 377 g/mol. The zero-order chi connectivity index (χ0) is 19.7. The second-order valence-corrected chi connectivity index (χ2v) is 7.62. The topological polar surface area (TPSA) is 62.2 Å². The van der Waals surface area contributed by atoms with Gasteiger partial charge in [-0.3, -0.25) is 14.7 Å². The molecule has 8 heteroatoms. The molecule has 142 valence electrons. The summed E-state index contributed by atoms with van der Waals surface area (Å²) in [6.45, 7) is 1.08. The molecule has 2 aromatic carbocycles. The number of likely N-dealkylation sites (N-methyl/N-ethyl adjacent to an activating group) is 1. The fraction of sp³-hybridized carbons (Fsp3) is 0.200. The van der Waals surface area contributed by atoms with Crippen LogP contribution in [-0.2, 0) is 0 Å². The maximum absolute atomic E-state index is 13.5. The van der Waals surface area contributed by atoms with Crippen molar-refractivity contribution in [1.29, 1.82) is 0 Å². The molecule has 2 heterocycles. The lowest BCUT2D eigenvalue weighted by Gasteiger charge is -2.21. The summed E-state index contributed by atoms with van der Waals surface area (Å²) < 4.78 is 14.2. The van der Waals surface area contributed by atoms with Crippen molar-refractivity contribution in [2.75, 3.05) is 32.1 Å². The quantitative estimate of drug-likeness (QED) is 0.517. The molecule has 0 saturated carbocycles. The third-order valence-electron chi connectivity index (χ3n) is 4.25. The van der Waals surface area contributed by atoms with Gasteiger partial charge in [-0.1, -0.05) is 23.5 Å². The number of carbonyl (C=O) groups excluding carboxylic acids is 1. The van der Waals surface area contributed by atoms with Crippen molar-refractivity contribution < 1.29 is 9.18 Å². The summed E-state index contributed by atoms with van der Waals surface area (Å²) in [5, 5.41) is 0.516. The van der Waals surface area contributed by atoms with Crippen LogP contribution in [0.5, 0.6) is 0 Å². The highest BCUT2D eigenvalue weighted by atomic mass is 32.1. The van der Waals surface area contributed by atoms with E-state index in [1.807, 2.05) is 43.3 Å². The predicted octanol–water partition coefficient (Wildman–Crippen LogP) is 3.59. The van der Waals surface area contributed by atoms with E-state index in [-0.39, 0.29) is 17.4 Å². The Kier molecular flexibility index (Phi) is 4.97. The molecule has 4 rings (SSSR count). The number of hydrogen-bond donors (Lipinski definition) is 0. The highest BCUT2D eigenvalue weighted by Crippen LogP contribution is 2.30. The van der Waals surface area contributed by atoms with Crippen LogP contribution in [0.1, 0.15) is 10.5 Å². The number of nitrogens with zero attached hydrogens (tertiary/aromatic N) is 5. The molecule has 0 fully saturated rings. The molecule has 2 aromatic heterocycles. The summed E-state index contributed by atoms with van der Waals surface area (Å²) in [6.07, 6.45) is 1.49. The minimum atomic E-state index is -0.325. The molecule has 0 atom stereocenters. The fourth-order valence-electron chi connectivity index (χ4n) is 2.78. The van der Waals surface area contributed by atoms with E-state index in [4.69, 9.17) is 0 Å². The van der Waals surface area contributed by atoms with Crippen molar-refractivity contribution in [3.8, 4) is 0 Å². The average molecular weight is 395 g/mol. The van der Waals surface area contributed by atoms with Crippen molar-refractivity contribution in [3.63, 3.8) is 0 Å². The Labute approximate surface area is 165 Å². The van der Waals surface area contributed by atoms with E-state index < -0.39 is 0 Å². The van der Waals surface area contributed by atoms with Gasteiger partial charge in [0.1, 0.15) is 11.5 Å². The van der Waals surface area contributed by atoms with E-state index in [9.17, 15) is 9.18 Å². The van der Waals surface area contributed by atoms with E-state index in [0.29, 0.717) is 34.0 Å². The Morgan fingerprint density at radius 2 is 1.82 bits per heavy atom. The van der Waals surface area contributed by atoms with Gasteiger partial charge in [-0.15, -0.1) is 0 Å². The smallest absolute Gasteiger partial charge is 0.280 e. The predicted molar refractivity (Wildman–Crippen MR) is 109 cm³/mol. The highest BCUT2D eigenvalue weighted by Gasteiger charge is 2.23. The molecule has 0 N–H and O–H groups in total. The van der Waals surface area contributed by atoms with Gasteiger partial charge < -0.3 is 4.90 Å². The van der Waals surface area contributed by atoms with Crippen molar-refractivity contribution in [2.45, 2.75) is 0 Å². The Balaban J connectivity index is 1.73. The van der Waals surface area contributed by atoms with E-state index in [1.54, 1.807) is 11.0 Å². The first-order valence-corrected chi connectivity index (χ1v) is 9.57. The first-order valence-electron chi connectivity index (χ1n) is 8.76. The van der Waals surface area contributed by atoms with E-state index in [1.165, 1.54) is 29.7 Å². The maximum Gasteiger partial charge on any atom is 0.280 e. The second kappa shape index (κ2) is 7.57. The van der Waals surface area contributed by atoms with Gasteiger partial charge in [0.25, 0.3) is 5.91 Å². The second-order valence-electron chi connectivity index (χ2n) is 6.61. The number of aromatic nitrogens is 3. The minimum absolute atomic E-state index is 0.253. The molecule has 4 aromatic rings. The van der Waals surface area contributed by atoms with Crippen LogP contribution in [0.3, 0.4) is 0 Å². The van der Waals surface area contributed by atoms with Crippen molar-refractivity contribution in [1.82, 2.24) is 19.9 Å². The number of halogens is 1. The normalized spacial score (nSPS) is 11.4. The molecule has 6 nitrogen and oxygen atoms in total. The lowest BCUT2D eigenvalue weighted by atomic mass is 10.3. The Bertz CT molecular complexity index is 1160. The number of rotatable bonds is 5. The van der Waals surface area contributed by atoms with Crippen LogP contribution >= 0.6 is 11.3 Å². The van der Waals surface area contributed by atoms with Crippen LogP contribution in [-0.4, -0.2) is 52.9 Å². The zero-order valence-corrected chi connectivity index (χ0v) is 16.3. The molecule has 0 aliphatic rings. The lowest BCUT2D eigenvalue weighted by Crippen LogP contribution is -2.37. The van der Waals surface area contributed by atoms with Crippen LogP contribution in [0.2, 0.25) is 0 Å². The SMILES string of the molecule is CN(C)CCN(C(=O)c1cnc2ccccc2n1)c1nc2ccc(F)cc2s1. The van der Waals surface area contributed by atoms with Gasteiger partial charge in [0.05, 0.1) is 27.4 Å². The minimum Gasteiger partial charge on any atom is -0.308 e. The van der Waals surface area contributed by atoms with Gasteiger partial charge in [0.2, 0.25) is 0 Å². The number of amides is 1. The third kappa shape index (κ3) is 3.69. The Hall–Kier alpha value is -2.97. The summed E-state index contributed by atoms with van der Waals surface area (Å²) >= 11 is 1.29. The van der Waals surface area contributed by atoms with Crippen LogP contribution in [0.4, 0.5) is 9.52 Å². The molecule has 28 heavy (non-hydrogen) atoms. The molecule has 0 aliphatic carbocycles. The number of carbonyl (C=O) groups is 1. The molecule has 0 bridgehead atoms. The third-order valence-corrected chi connectivity index (χ3v) is 5.29. The van der Waals surface area contributed by atoms with Gasteiger partial charge >= 0.3 is 0 Å². The van der Waals surface area contributed by atoms with Crippen LogP contribution in [0, 0.1) is 5.82 Å². The van der Waals surface area contributed by atoms with Gasteiger partial charge in [-0.05, 0) is 44.4 Å². The van der Waals surface area contributed by atoms with Crippen LogP contribution in [0.15, 0.2) is 48.7 Å². The van der Waals surface area contributed by atoms with Gasteiger partial charge in [0, 0.05) is 13.1 Å². The van der Waals surface area contributed by atoms with Crippen molar-refractivity contribution in [2.24, 2.45) is 0 Å². The van der Waals surface area contributed by atoms with E-state index in [0.717, 1.165) is 5.52 Å². The van der Waals surface area contributed by atoms with Gasteiger partial charge in [-0.2, -0.15) is 0 Å². The zero-order valence-electron chi connectivity index (χ0n) is 15.5. The van der Waals surface area contributed by atoms with Crippen LogP contribution in [0.25, 0.3) is 21.3 Å². The van der Waals surface area contributed by atoms with E-state index >= 15 is 0 Å². The average Bonchev–Trinajstić information content (AvgIpc) is 3.10. The highest BCUT2D eigenvalue weighted by molar-refractivity contribution is 7.22. The Morgan fingerprint density at radius 3 is 2.61 bits per heavy atom. The number of hydrogen-bond acceptors (Lipinski definition) is 6. The van der Waals surface area contributed by atoms with Crippen molar-refractivity contribution in [3.05, 3.63) is 60.2 Å². The Morgan fingerprint density at radius 1 is 1.04 bits per heavy atom. The van der Waals surface area contributed by atoms with Gasteiger partial charge in [-0.25, -0.2) is 14.4 Å². The maximum atomic E-state index is 13.5. The summed E-state index contributed by atoms with van der Waals surface area (Å²) in [6, 6.07) is 11.8. The summed E-state index contributed by atoms with van der Waals surface area (Å²) in [4.78, 5) is 30.2. The number of para-hydroxylation sites is 2. The van der Waals surface area contributed by atoms with Crippen molar-refractivity contribution >= 4 is 43.6 Å². The molecule has 0 spiro atoms. The first kappa shape index (κ1) is 18.4. The number of benzene rings is 2. The molecule has 1 amide bonds. The largest absolute Gasteiger partial charge is 0.308 e. The standard InChI is InChI=1S/C20H18FN5OS/c1-25(2)9-10-26(20-24-16-8-7-13(21)11-18(16)28-20)19(27)17-12-22-14-5-3-4-6-15(14)23-17/h3-8,11-12H,9-10H2,1-2H3. The van der Waals surface area contributed by atoms with E-state index in [2.05, 4.69) is 15.0 Å². The summed E-state index contributed by atoms with van der Waals surface area (Å²) in [5.74, 6) is -0.603. The molecule has 0 aliphatic heterocycles. The number of thiazole rings is 1. The molecule has 0 radical (unpaired) electrons. The monoisotopic (exact) mass is 395 g/mol. The molecular formula is C20H18FN5OS.